The van der Waals surface area contributed by atoms with Crippen molar-refractivity contribution in [2.45, 2.75) is 43.4 Å². The Balaban J connectivity index is 2.14. The van der Waals surface area contributed by atoms with Crippen LogP contribution in [0.4, 0.5) is 0 Å². The van der Waals surface area contributed by atoms with Crippen molar-refractivity contribution in [1.29, 1.82) is 0 Å². The predicted octanol–water partition coefficient (Wildman–Crippen LogP) is 1.87. The molecule has 1 heterocycles. The molecule has 1 aliphatic rings. The summed E-state index contributed by atoms with van der Waals surface area (Å²) >= 11 is 6.31. The Labute approximate surface area is 88.6 Å². The fourth-order valence-corrected chi connectivity index (χ4v) is 2.39. The van der Waals surface area contributed by atoms with E-state index in [1.807, 2.05) is 0 Å². The van der Waals surface area contributed by atoms with Crippen molar-refractivity contribution in [3.63, 3.8) is 0 Å². The van der Waals surface area contributed by atoms with Gasteiger partial charge in [-0.25, -0.2) is 0 Å². The molecule has 0 amide bonds. The van der Waals surface area contributed by atoms with Crippen LogP contribution in [0, 0.1) is 0 Å². The average Bonchev–Trinajstić information content (AvgIpc) is 2.46. The number of nitrogens with zero attached hydrogens (tertiary/aromatic N) is 4. The summed E-state index contributed by atoms with van der Waals surface area (Å²) in [5.41, 5.74) is 0. The minimum atomic E-state index is 0.182. The second-order valence-electron chi connectivity index (χ2n) is 3.90. The van der Waals surface area contributed by atoms with Crippen molar-refractivity contribution >= 4 is 11.6 Å². The van der Waals surface area contributed by atoms with Gasteiger partial charge in [-0.05, 0) is 18.1 Å². The molecule has 2 atom stereocenters. The third kappa shape index (κ3) is 2.05. The molecule has 2 rings (SSSR count). The van der Waals surface area contributed by atoms with Gasteiger partial charge < -0.3 is 0 Å². The maximum Gasteiger partial charge on any atom is 0.179 e. The second kappa shape index (κ2) is 4.26. The van der Waals surface area contributed by atoms with Gasteiger partial charge in [-0.2, -0.15) is 4.80 Å². The predicted molar refractivity (Wildman–Crippen MR) is 54.3 cm³/mol. The van der Waals surface area contributed by atoms with Gasteiger partial charge in [0.2, 0.25) is 0 Å². The first kappa shape index (κ1) is 9.90. The third-order valence-electron chi connectivity index (χ3n) is 2.79. The summed E-state index contributed by atoms with van der Waals surface area (Å²) in [6.45, 7) is 0. The van der Waals surface area contributed by atoms with Crippen LogP contribution < -0.4 is 0 Å². The lowest BCUT2D eigenvalue weighted by Crippen LogP contribution is -2.13. The summed E-state index contributed by atoms with van der Waals surface area (Å²) < 4.78 is 0. The van der Waals surface area contributed by atoms with Gasteiger partial charge in [0, 0.05) is 11.3 Å². The van der Waals surface area contributed by atoms with Gasteiger partial charge in [-0.3, -0.25) is 0 Å². The van der Waals surface area contributed by atoms with Crippen molar-refractivity contribution in [3.05, 3.63) is 5.82 Å². The molecule has 0 saturated heterocycles. The maximum absolute atomic E-state index is 6.31. The van der Waals surface area contributed by atoms with E-state index in [0.717, 1.165) is 18.7 Å². The first-order valence-corrected chi connectivity index (χ1v) is 5.59. The van der Waals surface area contributed by atoms with Crippen LogP contribution in [0.5, 0.6) is 0 Å². The lowest BCUT2D eigenvalue weighted by molar-refractivity contribution is 0.560. The monoisotopic (exact) mass is 214 g/mol. The zero-order chi connectivity index (χ0) is 9.97. The highest BCUT2D eigenvalue weighted by Crippen LogP contribution is 2.33. The van der Waals surface area contributed by atoms with Crippen molar-refractivity contribution in [3.8, 4) is 0 Å². The molecule has 1 fully saturated rings. The van der Waals surface area contributed by atoms with Gasteiger partial charge in [0.1, 0.15) is 0 Å². The van der Waals surface area contributed by atoms with Crippen LogP contribution in [0.1, 0.15) is 43.8 Å². The number of hydrogen-bond donors (Lipinski definition) is 0. The van der Waals surface area contributed by atoms with Crippen LogP contribution in [-0.4, -0.2) is 25.6 Å². The molecular weight excluding hydrogens is 200 g/mol. The third-order valence-corrected chi connectivity index (χ3v) is 3.31. The number of rotatable bonds is 1. The summed E-state index contributed by atoms with van der Waals surface area (Å²) in [5, 5.41) is 12.3. The summed E-state index contributed by atoms with van der Waals surface area (Å²) in [5.74, 6) is 1.11. The molecule has 5 heteroatoms. The number of aromatic nitrogens is 4. The quantitative estimate of drug-likeness (QED) is 0.530. The maximum atomic E-state index is 6.31. The molecule has 1 aromatic heterocycles. The van der Waals surface area contributed by atoms with Gasteiger partial charge in [-0.15, -0.1) is 21.8 Å². The zero-order valence-electron chi connectivity index (χ0n) is 8.36. The molecule has 78 valence electrons. The van der Waals surface area contributed by atoms with E-state index < -0.39 is 0 Å². The SMILES string of the molecule is Cn1nnc(C2CCCCCC2Cl)n1. The first-order chi connectivity index (χ1) is 6.77. The molecule has 0 spiro atoms. The van der Waals surface area contributed by atoms with Crippen LogP contribution in [-0.2, 0) is 7.05 Å². The van der Waals surface area contributed by atoms with E-state index in [1.165, 1.54) is 24.1 Å². The van der Waals surface area contributed by atoms with Gasteiger partial charge in [0.05, 0.1) is 7.05 Å². The summed E-state index contributed by atoms with van der Waals surface area (Å²) in [6, 6.07) is 0. The fourth-order valence-electron chi connectivity index (χ4n) is 2.00. The van der Waals surface area contributed by atoms with Crippen LogP contribution >= 0.6 is 11.6 Å². The molecule has 14 heavy (non-hydrogen) atoms. The minimum Gasteiger partial charge on any atom is -0.167 e. The molecular formula is C9H15ClN4. The largest absolute Gasteiger partial charge is 0.179 e. The van der Waals surface area contributed by atoms with Crippen molar-refractivity contribution in [2.24, 2.45) is 7.05 Å². The van der Waals surface area contributed by atoms with Gasteiger partial charge in [0.15, 0.2) is 5.82 Å². The Kier molecular flexibility index (Phi) is 3.01. The molecule has 0 N–H and O–H groups in total. The Morgan fingerprint density at radius 2 is 2.07 bits per heavy atom. The fraction of sp³-hybridized carbons (Fsp3) is 0.889. The van der Waals surface area contributed by atoms with Crippen molar-refractivity contribution < 1.29 is 0 Å². The second-order valence-corrected chi connectivity index (χ2v) is 4.46. The van der Waals surface area contributed by atoms with E-state index in [2.05, 4.69) is 15.4 Å². The normalized spacial score (nSPS) is 28.7. The lowest BCUT2D eigenvalue weighted by atomic mass is 9.99. The molecule has 4 nitrogen and oxygen atoms in total. The Hall–Kier alpha value is -0.640. The highest BCUT2D eigenvalue weighted by atomic mass is 35.5. The van der Waals surface area contributed by atoms with E-state index in [-0.39, 0.29) is 5.38 Å². The Morgan fingerprint density at radius 1 is 1.29 bits per heavy atom. The van der Waals surface area contributed by atoms with Gasteiger partial charge in [0.25, 0.3) is 0 Å². The lowest BCUT2D eigenvalue weighted by Gasteiger charge is -2.14. The summed E-state index contributed by atoms with van der Waals surface area (Å²) in [7, 11) is 1.79. The van der Waals surface area contributed by atoms with Gasteiger partial charge in [-0.1, -0.05) is 19.3 Å². The standard InChI is InChI=1S/C9H15ClN4/c1-14-12-9(11-13-14)7-5-3-2-4-6-8(7)10/h7-8H,2-6H2,1H3. The van der Waals surface area contributed by atoms with Crippen LogP contribution in [0.25, 0.3) is 0 Å². The number of halogens is 1. The zero-order valence-corrected chi connectivity index (χ0v) is 9.11. The van der Waals surface area contributed by atoms with Crippen LogP contribution in [0.2, 0.25) is 0 Å². The van der Waals surface area contributed by atoms with E-state index in [1.54, 1.807) is 7.05 Å². The van der Waals surface area contributed by atoms with Gasteiger partial charge >= 0.3 is 0 Å². The van der Waals surface area contributed by atoms with Crippen LogP contribution in [0.15, 0.2) is 0 Å². The number of hydrogen-bond acceptors (Lipinski definition) is 3. The topological polar surface area (TPSA) is 43.6 Å². The molecule has 2 unspecified atom stereocenters. The first-order valence-electron chi connectivity index (χ1n) is 5.15. The summed E-state index contributed by atoms with van der Waals surface area (Å²) in [6.07, 6.45) is 5.90. The van der Waals surface area contributed by atoms with Crippen molar-refractivity contribution in [2.75, 3.05) is 0 Å². The van der Waals surface area contributed by atoms with Crippen molar-refractivity contribution in [1.82, 2.24) is 20.2 Å². The highest BCUT2D eigenvalue weighted by Gasteiger charge is 2.26. The molecule has 1 aliphatic carbocycles. The smallest absolute Gasteiger partial charge is 0.167 e. The van der Waals surface area contributed by atoms with E-state index >= 15 is 0 Å². The summed E-state index contributed by atoms with van der Waals surface area (Å²) in [4.78, 5) is 1.50. The molecule has 0 bridgehead atoms. The van der Waals surface area contributed by atoms with Crippen LogP contribution in [0.3, 0.4) is 0 Å². The van der Waals surface area contributed by atoms with E-state index in [0.29, 0.717) is 5.92 Å². The molecule has 0 aromatic carbocycles. The number of alkyl halides is 1. The molecule has 0 aliphatic heterocycles. The van der Waals surface area contributed by atoms with E-state index in [4.69, 9.17) is 11.6 Å². The Morgan fingerprint density at radius 3 is 2.79 bits per heavy atom. The molecule has 0 radical (unpaired) electrons. The number of aryl methyl sites for hydroxylation is 1. The average molecular weight is 215 g/mol. The molecule has 1 aromatic rings. The highest BCUT2D eigenvalue weighted by molar-refractivity contribution is 6.21. The van der Waals surface area contributed by atoms with E-state index in [9.17, 15) is 0 Å². The number of tetrazole rings is 1. The molecule has 1 saturated carbocycles. The Bertz CT molecular complexity index is 299. The minimum absolute atomic E-state index is 0.182.